The van der Waals surface area contributed by atoms with Crippen molar-refractivity contribution in [1.82, 2.24) is 15.0 Å². The Labute approximate surface area is 187 Å². The molecule has 0 amide bonds. The molecule has 2 aliphatic rings. The SMILES string of the molecule is CCOC(=O)C1CCN(c2cc(N3CCOCC3)nc(-c3cccc4[nH]ccc34)n2)CC1. The maximum atomic E-state index is 12.2. The molecule has 0 spiro atoms. The lowest BCUT2D eigenvalue weighted by atomic mass is 9.97. The molecular weight excluding hydrogens is 406 g/mol. The van der Waals surface area contributed by atoms with E-state index in [0.29, 0.717) is 19.8 Å². The van der Waals surface area contributed by atoms with Crippen LogP contribution in [0.3, 0.4) is 0 Å². The summed E-state index contributed by atoms with van der Waals surface area (Å²) in [5.41, 5.74) is 2.08. The number of benzene rings is 1. The summed E-state index contributed by atoms with van der Waals surface area (Å²) in [5.74, 6) is 2.45. The molecule has 2 fully saturated rings. The number of H-pyrrole nitrogens is 1. The van der Waals surface area contributed by atoms with Gasteiger partial charge in [0.05, 0.1) is 25.7 Å². The lowest BCUT2D eigenvalue weighted by Crippen LogP contribution is -2.39. The van der Waals surface area contributed by atoms with E-state index in [2.05, 4.69) is 39.0 Å². The van der Waals surface area contributed by atoms with Gasteiger partial charge in [0.2, 0.25) is 0 Å². The van der Waals surface area contributed by atoms with Crippen LogP contribution >= 0.6 is 0 Å². The van der Waals surface area contributed by atoms with Crippen molar-refractivity contribution in [2.45, 2.75) is 19.8 Å². The summed E-state index contributed by atoms with van der Waals surface area (Å²) < 4.78 is 10.8. The number of carbonyl (C=O) groups excluding carboxylic acids is 1. The first kappa shape index (κ1) is 20.8. The normalized spacial score (nSPS) is 17.7. The summed E-state index contributed by atoms with van der Waals surface area (Å²) in [6, 6.07) is 10.3. The molecule has 1 N–H and O–H groups in total. The second kappa shape index (κ2) is 9.16. The first-order valence-corrected chi connectivity index (χ1v) is 11.4. The highest BCUT2D eigenvalue weighted by Crippen LogP contribution is 2.31. The molecule has 0 radical (unpaired) electrons. The minimum atomic E-state index is -0.0799. The van der Waals surface area contributed by atoms with E-state index in [0.717, 1.165) is 72.9 Å². The Morgan fingerprint density at radius 1 is 1.09 bits per heavy atom. The zero-order valence-electron chi connectivity index (χ0n) is 18.4. The van der Waals surface area contributed by atoms with Crippen LogP contribution in [0.25, 0.3) is 22.3 Å². The molecule has 168 valence electrons. The number of ether oxygens (including phenoxy) is 2. The number of fused-ring (bicyclic) bond motifs is 1. The number of hydrogen-bond donors (Lipinski definition) is 1. The molecule has 0 bridgehead atoms. The molecule has 0 saturated carbocycles. The molecule has 32 heavy (non-hydrogen) atoms. The monoisotopic (exact) mass is 435 g/mol. The minimum Gasteiger partial charge on any atom is -0.466 e. The van der Waals surface area contributed by atoms with Crippen LogP contribution in [0.1, 0.15) is 19.8 Å². The van der Waals surface area contributed by atoms with Gasteiger partial charge in [-0.25, -0.2) is 9.97 Å². The number of hydrogen-bond acceptors (Lipinski definition) is 7. The maximum absolute atomic E-state index is 12.2. The van der Waals surface area contributed by atoms with Gasteiger partial charge in [-0.05, 0) is 31.9 Å². The van der Waals surface area contributed by atoms with Gasteiger partial charge in [-0.2, -0.15) is 0 Å². The second-order valence-electron chi connectivity index (χ2n) is 8.27. The molecular formula is C24H29N5O3. The summed E-state index contributed by atoms with van der Waals surface area (Å²) >= 11 is 0. The molecule has 0 unspecified atom stereocenters. The Bertz CT molecular complexity index is 1080. The first-order chi connectivity index (χ1) is 15.7. The molecule has 3 aromatic rings. The van der Waals surface area contributed by atoms with Crippen LogP contribution in [0.2, 0.25) is 0 Å². The predicted molar refractivity (Wildman–Crippen MR) is 124 cm³/mol. The van der Waals surface area contributed by atoms with Crippen LogP contribution in [-0.2, 0) is 14.3 Å². The Kier molecular flexibility index (Phi) is 5.94. The molecule has 2 aliphatic heterocycles. The van der Waals surface area contributed by atoms with Crippen molar-refractivity contribution in [3.63, 3.8) is 0 Å². The molecule has 5 rings (SSSR count). The number of morpholine rings is 1. The van der Waals surface area contributed by atoms with Crippen molar-refractivity contribution in [2.24, 2.45) is 5.92 Å². The quantitative estimate of drug-likeness (QED) is 0.616. The van der Waals surface area contributed by atoms with Crippen LogP contribution < -0.4 is 9.80 Å². The van der Waals surface area contributed by atoms with Gasteiger partial charge < -0.3 is 24.3 Å². The van der Waals surface area contributed by atoms with E-state index in [1.165, 1.54) is 0 Å². The van der Waals surface area contributed by atoms with Gasteiger partial charge in [-0.15, -0.1) is 0 Å². The lowest BCUT2D eigenvalue weighted by molar-refractivity contribution is -0.148. The fourth-order valence-corrected chi connectivity index (χ4v) is 4.54. The largest absolute Gasteiger partial charge is 0.466 e. The topological polar surface area (TPSA) is 83.6 Å². The van der Waals surface area contributed by atoms with Gasteiger partial charge in [0.1, 0.15) is 11.6 Å². The summed E-state index contributed by atoms with van der Waals surface area (Å²) in [6.45, 7) is 6.87. The van der Waals surface area contributed by atoms with Gasteiger partial charge >= 0.3 is 5.97 Å². The summed E-state index contributed by atoms with van der Waals surface area (Å²) in [6.07, 6.45) is 3.50. The molecule has 0 aliphatic carbocycles. The van der Waals surface area contributed by atoms with E-state index in [4.69, 9.17) is 19.4 Å². The highest BCUT2D eigenvalue weighted by Gasteiger charge is 2.28. The van der Waals surface area contributed by atoms with Crippen molar-refractivity contribution in [2.75, 3.05) is 55.8 Å². The van der Waals surface area contributed by atoms with Gasteiger partial charge in [-0.1, -0.05) is 12.1 Å². The number of rotatable bonds is 5. The molecule has 4 heterocycles. The molecule has 1 aromatic carbocycles. The predicted octanol–water partition coefficient (Wildman–Crippen LogP) is 3.24. The first-order valence-electron chi connectivity index (χ1n) is 11.4. The van der Waals surface area contributed by atoms with Crippen LogP contribution in [0.4, 0.5) is 11.6 Å². The zero-order valence-corrected chi connectivity index (χ0v) is 18.4. The summed E-state index contributed by atoms with van der Waals surface area (Å²) in [7, 11) is 0. The number of aromatic nitrogens is 3. The van der Waals surface area contributed by atoms with E-state index >= 15 is 0 Å². The van der Waals surface area contributed by atoms with Crippen LogP contribution in [0.5, 0.6) is 0 Å². The van der Waals surface area contributed by atoms with Gasteiger partial charge in [0.15, 0.2) is 5.82 Å². The van der Waals surface area contributed by atoms with E-state index < -0.39 is 0 Å². The van der Waals surface area contributed by atoms with Crippen LogP contribution in [0, 0.1) is 5.92 Å². The third-order valence-electron chi connectivity index (χ3n) is 6.31. The van der Waals surface area contributed by atoms with Crippen LogP contribution in [0.15, 0.2) is 36.5 Å². The third kappa shape index (κ3) is 4.14. The molecule has 8 nitrogen and oxygen atoms in total. The highest BCUT2D eigenvalue weighted by atomic mass is 16.5. The van der Waals surface area contributed by atoms with E-state index in [9.17, 15) is 4.79 Å². The molecule has 2 aromatic heterocycles. The van der Waals surface area contributed by atoms with E-state index in [1.54, 1.807) is 0 Å². The fourth-order valence-electron chi connectivity index (χ4n) is 4.54. The molecule has 0 atom stereocenters. The van der Waals surface area contributed by atoms with E-state index in [-0.39, 0.29) is 11.9 Å². The van der Waals surface area contributed by atoms with Crippen molar-refractivity contribution in [3.05, 3.63) is 36.5 Å². The number of esters is 1. The second-order valence-corrected chi connectivity index (χ2v) is 8.27. The highest BCUT2D eigenvalue weighted by molar-refractivity contribution is 5.93. The van der Waals surface area contributed by atoms with E-state index in [1.807, 2.05) is 19.2 Å². The maximum Gasteiger partial charge on any atom is 0.309 e. The number of aromatic amines is 1. The average molecular weight is 436 g/mol. The summed E-state index contributed by atoms with van der Waals surface area (Å²) in [4.78, 5) is 29.9. The minimum absolute atomic E-state index is 0.0279. The zero-order chi connectivity index (χ0) is 21.9. The van der Waals surface area contributed by atoms with Crippen LogP contribution in [-0.4, -0.2) is 66.9 Å². The average Bonchev–Trinajstić information content (AvgIpc) is 3.34. The fraction of sp³-hybridized carbons (Fsp3) is 0.458. The van der Waals surface area contributed by atoms with Gasteiger partial charge in [0, 0.05) is 54.9 Å². The Morgan fingerprint density at radius 3 is 2.53 bits per heavy atom. The number of piperidine rings is 1. The Hall–Kier alpha value is -3.13. The van der Waals surface area contributed by atoms with Crippen molar-refractivity contribution in [3.8, 4) is 11.4 Å². The molecule has 2 saturated heterocycles. The number of anilines is 2. The smallest absolute Gasteiger partial charge is 0.309 e. The van der Waals surface area contributed by atoms with Crippen molar-refractivity contribution >= 4 is 28.5 Å². The van der Waals surface area contributed by atoms with Gasteiger partial charge in [0.25, 0.3) is 0 Å². The Balaban J connectivity index is 1.48. The number of nitrogens with zero attached hydrogens (tertiary/aromatic N) is 4. The number of carbonyl (C=O) groups is 1. The summed E-state index contributed by atoms with van der Waals surface area (Å²) in [5, 5.41) is 1.11. The molecule has 8 heteroatoms. The lowest BCUT2D eigenvalue weighted by Gasteiger charge is -2.33. The van der Waals surface area contributed by atoms with Gasteiger partial charge in [-0.3, -0.25) is 4.79 Å². The standard InChI is InChI=1S/C24H29N5O3/c1-2-32-24(30)17-7-10-28(11-8-17)21-16-22(29-12-14-31-15-13-29)27-23(26-21)19-4-3-5-20-18(19)6-9-25-20/h3-6,9,16-17,25H,2,7-8,10-15H2,1H3. The van der Waals surface area contributed by atoms with Crippen molar-refractivity contribution in [1.29, 1.82) is 0 Å². The Morgan fingerprint density at radius 2 is 1.81 bits per heavy atom. The van der Waals surface area contributed by atoms with Crippen molar-refractivity contribution < 1.29 is 14.3 Å². The number of nitrogens with one attached hydrogen (secondary N) is 1. The third-order valence-corrected chi connectivity index (χ3v) is 6.31.